The van der Waals surface area contributed by atoms with Gasteiger partial charge >= 0.3 is 0 Å². The van der Waals surface area contributed by atoms with E-state index < -0.39 is 4.92 Å². The molecule has 0 saturated heterocycles. The maximum absolute atomic E-state index is 10.9. The maximum Gasteiger partial charge on any atom is 0.278 e. The summed E-state index contributed by atoms with van der Waals surface area (Å²) in [4.78, 5) is 10.4. The maximum atomic E-state index is 10.9. The molecule has 0 aromatic heterocycles. The minimum absolute atomic E-state index is 0.0618. The van der Waals surface area contributed by atoms with Gasteiger partial charge in [0.25, 0.3) is 5.69 Å². The van der Waals surface area contributed by atoms with E-state index >= 15 is 0 Å². The van der Waals surface area contributed by atoms with Crippen molar-refractivity contribution in [2.75, 3.05) is 0 Å². The number of nitro groups is 1. The van der Waals surface area contributed by atoms with Gasteiger partial charge in [-0.15, -0.1) is 0 Å². The molecule has 0 atom stereocenters. The van der Waals surface area contributed by atoms with Gasteiger partial charge in [-0.3, -0.25) is 10.1 Å². The predicted octanol–water partition coefficient (Wildman–Crippen LogP) is 3.62. The first-order valence-electron chi connectivity index (χ1n) is 4.81. The van der Waals surface area contributed by atoms with Crippen LogP contribution in [-0.4, -0.2) is 10.0 Å². The van der Waals surface area contributed by atoms with Crippen LogP contribution in [0, 0.1) is 10.1 Å². The molecule has 2 rings (SSSR count). The van der Waals surface area contributed by atoms with E-state index in [0.717, 1.165) is 0 Å². The van der Waals surface area contributed by atoms with Crippen LogP contribution < -0.4 is 0 Å². The molecular formula is C12H8ClNO3. The summed E-state index contributed by atoms with van der Waals surface area (Å²) < 4.78 is 0. The van der Waals surface area contributed by atoms with E-state index in [0.29, 0.717) is 16.1 Å². The van der Waals surface area contributed by atoms with Gasteiger partial charge in [-0.25, -0.2) is 0 Å². The van der Waals surface area contributed by atoms with Gasteiger partial charge in [0.05, 0.1) is 10.5 Å². The Morgan fingerprint density at radius 2 is 1.94 bits per heavy atom. The summed E-state index contributed by atoms with van der Waals surface area (Å²) in [6, 6.07) is 10.7. The number of halogens is 1. The average molecular weight is 250 g/mol. The molecule has 0 aliphatic heterocycles. The lowest BCUT2D eigenvalue weighted by Crippen LogP contribution is -1.91. The molecule has 0 radical (unpaired) electrons. The minimum Gasteiger partial charge on any atom is -0.508 e. The molecule has 2 aromatic carbocycles. The number of phenols is 1. The number of nitro benzene ring substituents is 1. The summed E-state index contributed by atoms with van der Waals surface area (Å²) in [7, 11) is 0. The molecule has 0 unspecified atom stereocenters. The molecule has 0 bridgehead atoms. The molecule has 1 N–H and O–H groups in total. The predicted molar refractivity (Wildman–Crippen MR) is 65.2 cm³/mol. The number of aromatic hydroxyl groups is 1. The van der Waals surface area contributed by atoms with E-state index in [1.54, 1.807) is 24.3 Å². The smallest absolute Gasteiger partial charge is 0.278 e. The van der Waals surface area contributed by atoms with Gasteiger partial charge in [-0.1, -0.05) is 23.7 Å². The fraction of sp³-hybridized carbons (Fsp3) is 0. The van der Waals surface area contributed by atoms with Crippen molar-refractivity contribution in [3.05, 3.63) is 57.6 Å². The Hall–Kier alpha value is -2.07. The van der Waals surface area contributed by atoms with Crippen molar-refractivity contribution in [3.8, 4) is 16.9 Å². The van der Waals surface area contributed by atoms with E-state index in [1.807, 2.05) is 0 Å². The minimum atomic E-state index is -0.495. The van der Waals surface area contributed by atoms with E-state index in [2.05, 4.69) is 0 Å². The van der Waals surface area contributed by atoms with Crippen molar-refractivity contribution in [3.63, 3.8) is 0 Å². The highest BCUT2D eigenvalue weighted by Gasteiger charge is 2.15. The van der Waals surface area contributed by atoms with Gasteiger partial charge in [0, 0.05) is 11.1 Å². The van der Waals surface area contributed by atoms with Crippen molar-refractivity contribution in [1.29, 1.82) is 0 Å². The number of benzene rings is 2. The number of rotatable bonds is 2. The number of hydrogen-bond acceptors (Lipinski definition) is 3. The molecule has 4 nitrogen and oxygen atoms in total. The monoisotopic (exact) mass is 249 g/mol. The fourth-order valence-electron chi connectivity index (χ4n) is 1.57. The van der Waals surface area contributed by atoms with Crippen LogP contribution in [0.1, 0.15) is 0 Å². The Morgan fingerprint density at radius 3 is 2.59 bits per heavy atom. The Bertz CT molecular complexity index is 584. The molecule has 5 heteroatoms. The Morgan fingerprint density at radius 1 is 1.18 bits per heavy atom. The molecule has 0 saturated carbocycles. The third-order valence-corrected chi connectivity index (χ3v) is 2.55. The normalized spacial score (nSPS) is 10.2. The van der Waals surface area contributed by atoms with E-state index in [9.17, 15) is 15.2 Å². The zero-order valence-electron chi connectivity index (χ0n) is 8.63. The van der Waals surface area contributed by atoms with E-state index in [-0.39, 0.29) is 11.4 Å². The zero-order chi connectivity index (χ0) is 12.4. The second-order valence-corrected chi connectivity index (χ2v) is 3.91. The van der Waals surface area contributed by atoms with Gasteiger partial charge in [0.15, 0.2) is 0 Å². The Balaban J connectivity index is 2.63. The van der Waals surface area contributed by atoms with Crippen molar-refractivity contribution in [2.24, 2.45) is 0 Å². The fourth-order valence-corrected chi connectivity index (χ4v) is 1.74. The first-order valence-corrected chi connectivity index (χ1v) is 5.19. The molecule has 0 fully saturated rings. The molecule has 17 heavy (non-hydrogen) atoms. The quantitative estimate of drug-likeness (QED) is 0.653. The Kier molecular flexibility index (Phi) is 2.97. The largest absolute Gasteiger partial charge is 0.508 e. The molecule has 86 valence electrons. The Labute approximate surface area is 102 Å². The van der Waals surface area contributed by atoms with Crippen molar-refractivity contribution >= 4 is 17.3 Å². The lowest BCUT2D eigenvalue weighted by atomic mass is 10.0. The lowest BCUT2D eigenvalue weighted by Gasteiger charge is -2.04. The number of nitrogens with zero attached hydrogens (tertiary/aromatic N) is 1. The topological polar surface area (TPSA) is 63.4 Å². The highest BCUT2D eigenvalue weighted by molar-refractivity contribution is 6.30. The highest BCUT2D eigenvalue weighted by atomic mass is 35.5. The van der Waals surface area contributed by atoms with E-state index in [1.165, 1.54) is 18.2 Å². The summed E-state index contributed by atoms with van der Waals surface area (Å²) in [5, 5.41) is 20.6. The van der Waals surface area contributed by atoms with Crippen LogP contribution in [0.2, 0.25) is 5.02 Å². The molecular weight excluding hydrogens is 242 g/mol. The molecule has 0 spiro atoms. The van der Waals surface area contributed by atoms with Crippen molar-refractivity contribution < 1.29 is 10.0 Å². The molecule has 0 heterocycles. The van der Waals surface area contributed by atoms with Crippen LogP contribution in [-0.2, 0) is 0 Å². The van der Waals surface area contributed by atoms with E-state index in [4.69, 9.17) is 11.6 Å². The summed E-state index contributed by atoms with van der Waals surface area (Å²) in [6.45, 7) is 0. The average Bonchev–Trinajstić information content (AvgIpc) is 2.28. The first kappa shape index (κ1) is 11.4. The van der Waals surface area contributed by atoms with Crippen LogP contribution in [0.3, 0.4) is 0 Å². The third-order valence-electron chi connectivity index (χ3n) is 2.31. The van der Waals surface area contributed by atoms with Gasteiger partial charge in [-0.2, -0.15) is 0 Å². The van der Waals surface area contributed by atoms with Crippen LogP contribution in [0.4, 0.5) is 5.69 Å². The SMILES string of the molecule is O=[N+]([O-])c1cc(Cl)ccc1-c1cccc(O)c1. The molecule has 0 amide bonds. The van der Waals surface area contributed by atoms with Crippen LogP contribution >= 0.6 is 11.6 Å². The first-order chi connectivity index (χ1) is 8.08. The van der Waals surface area contributed by atoms with Crippen LogP contribution in [0.5, 0.6) is 5.75 Å². The second-order valence-electron chi connectivity index (χ2n) is 3.47. The molecule has 0 aliphatic carbocycles. The van der Waals surface area contributed by atoms with Crippen LogP contribution in [0.15, 0.2) is 42.5 Å². The van der Waals surface area contributed by atoms with Gasteiger partial charge < -0.3 is 5.11 Å². The summed E-state index contributed by atoms with van der Waals surface area (Å²) in [5.74, 6) is 0.0618. The number of hydrogen-bond donors (Lipinski definition) is 1. The third kappa shape index (κ3) is 2.37. The van der Waals surface area contributed by atoms with Gasteiger partial charge in [0.1, 0.15) is 5.75 Å². The van der Waals surface area contributed by atoms with Gasteiger partial charge in [0.2, 0.25) is 0 Å². The summed E-state index contributed by atoms with van der Waals surface area (Å²) in [5.41, 5.74) is 0.923. The van der Waals surface area contributed by atoms with Crippen molar-refractivity contribution in [1.82, 2.24) is 0 Å². The zero-order valence-corrected chi connectivity index (χ0v) is 9.39. The summed E-state index contributed by atoms with van der Waals surface area (Å²) in [6.07, 6.45) is 0. The van der Waals surface area contributed by atoms with Gasteiger partial charge in [-0.05, 0) is 29.8 Å². The van der Waals surface area contributed by atoms with Crippen LogP contribution in [0.25, 0.3) is 11.1 Å². The lowest BCUT2D eigenvalue weighted by molar-refractivity contribution is -0.384. The molecule has 2 aromatic rings. The standard InChI is InChI=1S/C12H8ClNO3/c13-9-4-5-11(12(7-9)14(16)17)8-2-1-3-10(15)6-8/h1-7,15H. The van der Waals surface area contributed by atoms with Crippen molar-refractivity contribution in [2.45, 2.75) is 0 Å². The second kappa shape index (κ2) is 4.43. The molecule has 0 aliphatic rings. The highest BCUT2D eigenvalue weighted by Crippen LogP contribution is 2.33. The summed E-state index contributed by atoms with van der Waals surface area (Å²) >= 11 is 5.73. The number of phenolic OH excluding ortho intramolecular Hbond substituents is 1.